The van der Waals surface area contributed by atoms with Crippen molar-refractivity contribution >= 4 is 17.6 Å². The number of benzene rings is 1. The molecule has 5 heteroatoms. The van der Waals surface area contributed by atoms with Crippen LogP contribution in [-0.2, 0) is 14.3 Å². The van der Waals surface area contributed by atoms with Gasteiger partial charge in [0.25, 0.3) is 5.91 Å². The first-order chi connectivity index (χ1) is 11.6. The van der Waals surface area contributed by atoms with Crippen LogP contribution in [0.5, 0.6) is 0 Å². The minimum atomic E-state index is -0.182. The van der Waals surface area contributed by atoms with Crippen LogP contribution in [-0.4, -0.2) is 55.7 Å². The number of nitrogens with zero attached hydrogens (tertiary/aromatic N) is 2. The molecule has 24 heavy (non-hydrogen) atoms. The minimum Gasteiger partial charge on any atom is -0.462 e. The molecular weight excluding hydrogens is 304 g/mol. The molecule has 0 aromatic heterocycles. The molecule has 130 valence electrons. The van der Waals surface area contributed by atoms with Gasteiger partial charge in [-0.15, -0.1) is 0 Å². The first kappa shape index (κ1) is 17.0. The Morgan fingerprint density at radius 1 is 1.21 bits per heavy atom. The molecule has 1 amide bonds. The van der Waals surface area contributed by atoms with E-state index in [0.29, 0.717) is 23.6 Å². The van der Waals surface area contributed by atoms with Crippen molar-refractivity contribution in [2.75, 3.05) is 38.2 Å². The van der Waals surface area contributed by atoms with E-state index in [-0.39, 0.29) is 17.9 Å². The summed E-state index contributed by atoms with van der Waals surface area (Å²) in [4.78, 5) is 27.1. The Morgan fingerprint density at radius 2 is 1.88 bits per heavy atom. The van der Waals surface area contributed by atoms with Crippen molar-refractivity contribution in [2.24, 2.45) is 5.92 Å². The fourth-order valence-electron chi connectivity index (χ4n) is 4.29. The Kier molecular flexibility index (Phi) is 4.90. The van der Waals surface area contributed by atoms with E-state index in [0.717, 1.165) is 38.0 Å². The smallest absolute Gasteiger partial charge is 0.361 e. The number of fused-ring (bicyclic) bond motifs is 3. The molecule has 1 aromatic rings. The van der Waals surface area contributed by atoms with E-state index in [9.17, 15) is 9.59 Å². The molecule has 0 N–H and O–H groups in total. The molecule has 0 saturated carbocycles. The predicted octanol–water partition coefficient (Wildman–Crippen LogP) is 2.21. The Morgan fingerprint density at radius 3 is 2.50 bits per heavy atom. The molecule has 1 atom stereocenters. The highest BCUT2D eigenvalue weighted by Crippen LogP contribution is 2.39. The van der Waals surface area contributed by atoms with Crippen molar-refractivity contribution in [2.45, 2.75) is 32.2 Å². The molecule has 1 unspecified atom stereocenters. The van der Waals surface area contributed by atoms with E-state index in [2.05, 4.69) is 0 Å². The summed E-state index contributed by atoms with van der Waals surface area (Å²) in [5, 5.41) is 0. The fraction of sp³-hybridized carbons (Fsp3) is 0.579. The van der Waals surface area contributed by atoms with Gasteiger partial charge in [0, 0.05) is 19.2 Å². The van der Waals surface area contributed by atoms with E-state index in [1.165, 1.54) is 0 Å². The quantitative estimate of drug-likeness (QED) is 0.614. The number of hydrogen-bond donors (Lipinski definition) is 0. The number of likely N-dealkylation sites (N-methyl/N-ethyl adjacent to an activating group) is 1. The Balaban J connectivity index is 1.81. The number of quaternary nitrogens is 1. The van der Waals surface area contributed by atoms with Gasteiger partial charge in [0.2, 0.25) is 0 Å². The van der Waals surface area contributed by atoms with Crippen LogP contribution in [0.4, 0.5) is 5.69 Å². The molecular formula is C19H27N2O3+. The summed E-state index contributed by atoms with van der Waals surface area (Å²) in [7, 11) is 1.84. The number of piperidine rings is 3. The van der Waals surface area contributed by atoms with E-state index in [1.54, 1.807) is 4.90 Å². The number of carbonyl (C=O) groups is 2. The summed E-state index contributed by atoms with van der Waals surface area (Å²) in [5.74, 6) is 0.554. The molecule has 1 aromatic carbocycles. The first-order valence-electron chi connectivity index (χ1n) is 8.90. The Labute approximate surface area is 143 Å². The molecule has 0 aliphatic carbocycles. The monoisotopic (exact) mass is 331 g/mol. The molecule has 2 bridgehead atoms. The standard InChI is InChI=1S/C19H27N2O3/c1-3-24-18(22)14-21-11-9-15(10-12-21)13-17(21)19(23)20(2)16-7-5-4-6-8-16/h4-8,15,17H,3,9-14H2,1-2H3/q+1. The number of carbonyl (C=O) groups excluding carboxylic acids is 2. The van der Waals surface area contributed by atoms with Gasteiger partial charge in [-0.3, -0.25) is 4.79 Å². The van der Waals surface area contributed by atoms with Crippen molar-refractivity contribution in [3.8, 4) is 0 Å². The molecule has 3 saturated heterocycles. The van der Waals surface area contributed by atoms with Crippen molar-refractivity contribution < 1.29 is 18.8 Å². The third-order valence-corrected chi connectivity index (χ3v) is 5.69. The number of para-hydroxylation sites is 1. The van der Waals surface area contributed by atoms with Gasteiger partial charge in [-0.05, 0) is 37.8 Å². The van der Waals surface area contributed by atoms with E-state index < -0.39 is 0 Å². The topological polar surface area (TPSA) is 46.6 Å². The largest absolute Gasteiger partial charge is 0.462 e. The molecule has 3 fully saturated rings. The summed E-state index contributed by atoms with van der Waals surface area (Å²) < 4.78 is 5.76. The number of amides is 1. The lowest BCUT2D eigenvalue weighted by atomic mass is 9.80. The first-order valence-corrected chi connectivity index (χ1v) is 8.90. The van der Waals surface area contributed by atoms with Gasteiger partial charge in [-0.1, -0.05) is 18.2 Å². The average Bonchev–Trinajstić information content (AvgIpc) is 2.62. The summed E-state index contributed by atoms with van der Waals surface area (Å²) in [6.45, 7) is 4.35. The third-order valence-electron chi connectivity index (χ3n) is 5.69. The summed E-state index contributed by atoms with van der Waals surface area (Å²) in [5.41, 5.74) is 0.902. The van der Waals surface area contributed by atoms with Crippen LogP contribution in [0.1, 0.15) is 26.2 Å². The van der Waals surface area contributed by atoms with Crippen LogP contribution < -0.4 is 4.90 Å². The highest BCUT2D eigenvalue weighted by molar-refractivity contribution is 5.96. The molecule has 5 nitrogen and oxygen atoms in total. The van der Waals surface area contributed by atoms with Gasteiger partial charge in [-0.2, -0.15) is 0 Å². The second-order valence-electron chi connectivity index (χ2n) is 7.06. The van der Waals surface area contributed by atoms with Crippen molar-refractivity contribution in [3.63, 3.8) is 0 Å². The predicted molar refractivity (Wildman–Crippen MR) is 92.5 cm³/mol. The number of esters is 1. The maximum Gasteiger partial charge on any atom is 0.361 e. The van der Waals surface area contributed by atoms with Crippen LogP contribution in [0.25, 0.3) is 0 Å². The van der Waals surface area contributed by atoms with Crippen molar-refractivity contribution in [1.82, 2.24) is 0 Å². The summed E-state index contributed by atoms with van der Waals surface area (Å²) >= 11 is 0. The van der Waals surface area contributed by atoms with Crippen LogP contribution in [0, 0.1) is 5.92 Å². The fourth-order valence-corrected chi connectivity index (χ4v) is 4.29. The molecule has 3 heterocycles. The zero-order valence-corrected chi connectivity index (χ0v) is 14.6. The molecule has 0 spiro atoms. The van der Waals surface area contributed by atoms with Crippen LogP contribution >= 0.6 is 0 Å². The zero-order valence-electron chi connectivity index (χ0n) is 14.6. The SMILES string of the molecule is CCOC(=O)C[N+]12CCC(CC1)CC2C(=O)N(C)c1ccccc1. The molecule has 3 aliphatic heterocycles. The van der Waals surface area contributed by atoms with Crippen LogP contribution in [0.15, 0.2) is 30.3 Å². The van der Waals surface area contributed by atoms with Gasteiger partial charge in [0.1, 0.15) is 0 Å². The third kappa shape index (κ3) is 3.18. The number of anilines is 1. The Bertz CT molecular complexity index is 594. The maximum atomic E-state index is 13.2. The zero-order chi connectivity index (χ0) is 17.2. The normalized spacial score (nSPS) is 28.4. The molecule has 4 rings (SSSR count). The summed E-state index contributed by atoms with van der Waals surface area (Å²) in [6.07, 6.45) is 3.10. The number of hydrogen-bond acceptors (Lipinski definition) is 3. The van der Waals surface area contributed by atoms with Crippen LogP contribution in [0.3, 0.4) is 0 Å². The molecule has 3 aliphatic rings. The van der Waals surface area contributed by atoms with Gasteiger partial charge < -0.3 is 14.1 Å². The van der Waals surface area contributed by atoms with Gasteiger partial charge in [-0.25, -0.2) is 4.79 Å². The highest BCUT2D eigenvalue weighted by atomic mass is 16.5. The van der Waals surface area contributed by atoms with E-state index in [1.807, 2.05) is 44.3 Å². The van der Waals surface area contributed by atoms with E-state index in [4.69, 9.17) is 4.74 Å². The van der Waals surface area contributed by atoms with Gasteiger partial charge >= 0.3 is 5.97 Å². The average molecular weight is 331 g/mol. The molecule has 0 radical (unpaired) electrons. The lowest BCUT2D eigenvalue weighted by Crippen LogP contribution is -2.69. The van der Waals surface area contributed by atoms with Crippen LogP contribution in [0.2, 0.25) is 0 Å². The Hall–Kier alpha value is -1.88. The van der Waals surface area contributed by atoms with E-state index >= 15 is 0 Å². The maximum absolute atomic E-state index is 13.2. The lowest BCUT2D eigenvalue weighted by Gasteiger charge is -2.53. The van der Waals surface area contributed by atoms with Gasteiger partial charge in [0.05, 0.1) is 19.7 Å². The van der Waals surface area contributed by atoms with Gasteiger partial charge in [0.15, 0.2) is 12.6 Å². The number of rotatable bonds is 5. The lowest BCUT2D eigenvalue weighted by molar-refractivity contribution is -0.951. The summed E-state index contributed by atoms with van der Waals surface area (Å²) in [6, 6.07) is 9.59. The van der Waals surface area contributed by atoms with Crippen molar-refractivity contribution in [1.29, 1.82) is 0 Å². The van der Waals surface area contributed by atoms with Crippen molar-refractivity contribution in [3.05, 3.63) is 30.3 Å². The highest BCUT2D eigenvalue weighted by Gasteiger charge is 2.52. The number of ether oxygens (including phenoxy) is 1. The second kappa shape index (κ2) is 6.93. The minimum absolute atomic E-state index is 0.120. The second-order valence-corrected chi connectivity index (χ2v) is 7.06.